The van der Waals surface area contributed by atoms with E-state index in [9.17, 15) is 0 Å². The van der Waals surface area contributed by atoms with Gasteiger partial charge in [0.2, 0.25) is 0 Å². The number of hydrogen-bond acceptors (Lipinski definition) is 6. The second-order valence-corrected chi connectivity index (χ2v) is 4.66. The number of rotatable bonds is 3. The summed E-state index contributed by atoms with van der Waals surface area (Å²) in [7, 11) is 0. The lowest BCUT2D eigenvalue weighted by atomic mass is 10.1. The predicted molar refractivity (Wildman–Crippen MR) is 76.5 cm³/mol. The molecule has 1 aromatic heterocycles. The third-order valence-corrected chi connectivity index (χ3v) is 2.99. The molecule has 2 aromatic rings. The predicted octanol–water partition coefficient (Wildman–Crippen LogP) is 0.971. The van der Waals surface area contributed by atoms with Gasteiger partial charge in [-0.1, -0.05) is 35.5 Å². The number of aromatic nitrogens is 1. The molecule has 6 nitrogen and oxygen atoms in total. The molecule has 0 bridgehead atoms. The van der Waals surface area contributed by atoms with Gasteiger partial charge in [-0.25, -0.2) is 4.99 Å². The summed E-state index contributed by atoms with van der Waals surface area (Å²) in [6, 6.07) is 11.7. The second kappa shape index (κ2) is 4.82. The molecule has 1 aromatic carbocycles. The largest absolute Gasteiger partial charge is 0.384 e. The van der Waals surface area contributed by atoms with E-state index in [0.29, 0.717) is 18.0 Å². The lowest BCUT2D eigenvalue weighted by molar-refractivity contribution is 0.318. The first-order valence-electron chi connectivity index (χ1n) is 6.24. The van der Waals surface area contributed by atoms with Crippen LogP contribution in [0.15, 0.2) is 58.2 Å². The Labute approximate surface area is 116 Å². The quantitative estimate of drug-likeness (QED) is 0.770. The molecular formula is C14H15N5O. The van der Waals surface area contributed by atoms with Gasteiger partial charge in [0, 0.05) is 17.8 Å². The number of hydrogen-bond donors (Lipinski definition) is 3. The minimum Gasteiger partial charge on any atom is -0.384 e. The highest BCUT2D eigenvalue weighted by atomic mass is 16.5. The van der Waals surface area contributed by atoms with E-state index in [-0.39, 0.29) is 0 Å². The summed E-state index contributed by atoms with van der Waals surface area (Å²) < 4.78 is 5.32. The van der Waals surface area contributed by atoms with E-state index in [4.69, 9.17) is 16.0 Å². The fraction of sp³-hybridized carbons (Fsp3) is 0.143. The molecule has 102 valence electrons. The van der Waals surface area contributed by atoms with Crippen molar-refractivity contribution >= 4 is 5.84 Å². The normalized spacial score (nSPS) is 21.4. The van der Waals surface area contributed by atoms with Crippen molar-refractivity contribution in [1.29, 1.82) is 0 Å². The molecule has 0 saturated carbocycles. The zero-order valence-corrected chi connectivity index (χ0v) is 10.8. The van der Waals surface area contributed by atoms with Crippen LogP contribution >= 0.6 is 0 Å². The number of nitrogens with two attached hydrogens (primary N) is 2. The SMILES string of the molecule is NC1=NC(N)(Cc2cc(-c3ccccc3)no2)NC=C1. The molecule has 0 aliphatic carbocycles. The average molecular weight is 269 g/mol. The summed E-state index contributed by atoms with van der Waals surface area (Å²) in [5, 5.41) is 7.01. The minimum atomic E-state index is -0.994. The van der Waals surface area contributed by atoms with Crippen LogP contribution in [0.5, 0.6) is 0 Å². The first-order chi connectivity index (χ1) is 9.65. The van der Waals surface area contributed by atoms with E-state index in [1.54, 1.807) is 12.3 Å². The van der Waals surface area contributed by atoms with Gasteiger partial charge < -0.3 is 15.6 Å². The highest BCUT2D eigenvalue weighted by molar-refractivity contribution is 5.92. The summed E-state index contributed by atoms with van der Waals surface area (Å²) in [4.78, 5) is 4.18. The fourth-order valence-electron chi connectivity index (χ4n) is 2.07. The Morgan fingerprint density at radius 2 is 2.05 bits per heavy atom. The summed E-state index contributed by atoms with van der Waals surface area (Å²) in [6.45, 7) is 0. The summed E-state index contributed by atoms with van der Waals surface area (Å²) >= 11 is 0. The molecule has 1 atom stereocenters. The zero-order valence-electron chi connectivity index (χ0n) is 10.8. The van der Waals surface area contributed by atoms with Crippen molar-refractivity contribution in [3.05, 3.63) is 54.4 Å². The Morgan fingerprint density at radius 3 is 2.80 bits per heavy atom. The lowest BCUT2D eigenvalue weighted by Crippen LogP contribution is -2.54. The lowest BCUT2D eigenvalue weighted by Gasteiger charge is -2.27. The molecule has 0 saturated heterocycles. The molecule has 0 fully saturated rings. The maximum absolute atomic E-state index is 6.11. The minimum absolute atomic E-state index is 0.359. The maximum atomic E-state index is 6.11. The van der Waals surface area contributed by atoms with Crippen LogP contribution in [0.1, 0.15) is 5.76 Å². The van der Waals surface area contributed by atoms with Gasteiger partial charge >= 0.3 is 0 Å². The van der Waals surface area contributed by atoms with Crippen molar-refractivity contribution < 1.29 is 4.52 Å². The maximum Gasteiger partial charge on any atom is 0.191 e. The van der Waals surface area contributed by atoms with Gasteiger partial charge in [-0.3, -0.25) is 5.73 Å². The van der Waals surface area contributed by atoms with Crippen LogP contribution < -0.4 is 16.8 Å². The molecule has 5 N–H and O–H groups in total. The first kappa shape index (κ1) is 12.4. The van der Waals surface area contributed by atoms with E-state index < -0.39 is 5.79 Å². The zero-order chi connectivity index (χ0) is 14.0. The number of aliphatic imine (C=N–C) groups is 1. The van der Waals surface area contributed by atoms with E-state index in [2.05, 4.69) is 15.5 Å². The van der Waals surface area contributed by atoms with Crippen molar-refractivity contribution in [3.8, 4) is 11.3 Å². The Balaban J connectivity index is 1.80. The van der Waals surface area contributed by atoms with Crippen molar-refractivity contribution in [2.75, 3.05) is 0 Å². The van der Waals surface area contributed by atoms with E-state index >= 15 is 0 Å². The number of nitrogens with zero attached hydrogens (tertiary/aromatic N) is 2. The smallest absolute Gasteiger partial charge is 0.191 e. The van der Waals surface area contributed by atoms with Crippen molar-refractivity contribution in [1.82, 2.24) is 10.5 Å². The van der Waals surface area contributed by atoms with Gasteiger partial charge in [-0.2, -0.15) is 0 Å². The Morgan fingerprint density at radius 1 is 1.25 bits per heavy atom. The fourth-order valence-corrected chi connectivity index (χ4v) is 2.07. The molecule has 0 amide bonds. The highest BCUT2D eigenvalue weighted by Gasteiger charge is 2.27. The van der Waals surface area contributed by atoms with Crippen molar-refractivity contribution in [3.63, 3.8) is 0 Å². The second-order valence-electron chi connectivity index (χ2n) is 4.66. The Bertz CT molecular complexity index is 661. The van der Waals surface area contributed by atoms with E-state index in [0.717, 1.165) is 11.3 Å². The number of amidine groups is 1. The monoisotopic (exact) mass is 269 g/mol. The van der Waals surface area contributed by atoms with Gasteiger partial charge in [-0.05, 0) is 6.08 Å². The van der Waals surface area contributed by atoms with Gasteiger partial charge in [0.25, 0.3) is 0 Å². The average Bonchev–Trinajstić information content (AvgIpc) is 2.87. The van der Waals surface area contributed by atoms with Crippen LogP contribution in [0.25, 0.3) is 11.3 Å². The molecule has 1 aliphatic rings. The Hall–Kier alpha value is -2.60. The van der Waals surface area contributed by atoms with Crippen LogP contribution in [0, 0.1) is 0 Å². The van der Waals surface area contributed by atoms with Crippen LogP contribution in [-0.4, -0.2) is 16.8 Å². The number of nitrogens with one attached hydrogen (secondary N) is 1. The van der Waals surface area contributed by atoms with E-state index in [1.807, 2.05) is 36.4 Å². The molecule has 1 aliphatic heterocycles. The molecule has 6 heteroatoms. The van der Waals surface area contributed by atoms with Crippen molar-refractivity contribution in [2.24, 2.45) is 16.5 Å². The third-order valence-electron chi connectivity index (χ3n) is 2.99. The molecule has 1 unspecified atom stereocenters. The summed E-state index contributed by atoms with van der Waals surface area (Å²) in [5.41, 5.74) is 13.5. The molecule has 20 heavy (non-hydrogen) atoms. The van der Waals surface area contributed by atoms with Crippen LogP contribution in [-0.2, 0) is 6.42 Å². The summed E-state index contributed by atoms with van der Waals surface area (Å²) in [6.07, 6.45) is 3.69. The van der Waals surface area contributed by atoms with Gasteiger partial charge in [-0.15, -0.1) is 0 Å². The standard InChI is InChI=1S/C14H15N5O/c15-13-6-7-17-14(16,18-13)9-11-8-12(19-20-11)10-4-2-1-3-5-10/h1-8,17H,9,16H2,(H2,15,18). The van der Waals surface area contributed by atoms with Crippen LogP contribution in [0.2, 0.25) is 0 Å². The van der Waals surface area contributed by atoms with Crippen molar-refractivity contribution in [2.45, 2.75) is 12.2 Å². The molecule has 2 heterocycles. The molecule has 0 radical (unpaired) electrons. The molecular weight excluding hydrogens is 254 g/mol. The third kappa shape index (κ3) is 2.55. The Kier molecular flexibility index (Phi) is 3.00. The van der Waals surface area contributed by atoms with E-state index in [1.165, 1.54) is 0 Å². The van der Waals surface area contributed by atoms with Gasteiger partial charge in [0.15, 0.2) is 5.79 Å². The molecule has 0 spiro atoms. The van der Waals surface area contributed by atoms with Crippen LogP contribution in [0.4, 0.5) is 0 Å². The highest BCUT2D eigenvalue weighted by Crippen LogP contribution is 2.21. The summed E-state index contributed by atoms with van der Waals surface area (Å²) in [5.74, 6) is 0.0338. The number of benzene rings is 1. The molecule has 3 rings (SSSR count). The first-order valence-corrected chi connectivity index (χ1v) is 6.24. The van der Waals surface area contributed by atoms with Crippen LogP contribution in [0.3, 0.4) is 0 Å². The van der Waals surface area contributed by atoms with Gasteiger partial charge in [0.1, 0.15) is 17.3 Å². The topological polar surface area (TPSA) is 102 Å². The van der Waals surface area contributed by atoms with Gasteiger partial charge in [0.05, 0.1) is 6.42 Å².